The fourth-order valence-electron chi connectivity index (χ4n) is 1.73. The molecule has 1 aromatic heterocycles. The van der Waals surface area contributed by atoms with Crippen molar-refractivity contribution in [3.05, 3.63) is 30.0 Å². The molecule has 1 aromatic carbocycles. The van der Waals surface area contributed by atoms with Crippen molar-refractivity contribution < 1.29 is 9.90 Å². The molecule has 0 atom stereocenters. The van der Waals surface area contributed by atoms with Gasteiger partial charge < -0.3 is 5.11 Å². The molecule has 2 rings (SSSR count). The van der Waals surface area contributed by atoms with Crippen LogP contribution in [0, 0.1) is 0 Å². The SMILES string of the molecule is CCn1nc2ccccc2c1CC(=O)O. The summed E-state index contributed by atoms with van der Waals surface area (Å²) in [6.07, 6.45) is 0.0222. The molecule has 0 bridgehead atoms. The van der Waals surface area contributed by atoms with E-state index in [1.54, 1.807) is 4.68 Å². The first kappa shape index (κ1) is 9.71. The van der Waals surface area contributed by atoms with Crippen molar-refractivity contribution in [3.63, 3.8) is 0 Å². The highest BCUT2D eigenvalue weighted by Gasteiger charge is 2.12. The molecule has 0 amide bonds. The van der Waals surface area contributed by atoms with Gasteiger partial charge in [-0.3, -0.25) is 9.48 Å². The molecule has 0 aliphatic carbocycles. The van der Waals surface area contributed by atoms with Crippen LogP contribution in [0.25, 0.3) is 10.9 Å². The molecule has 0 aliphatic heterocycles. The molecule has 0 unspecified atom stereocenters. The van der Waals surface area contributed by atoms with Gasteiger partial charge in [-0.15, -0.1) is 0 Å². The quantitative estimate of drug-likeness (QED) is 0.827. The van der Waals surface area contributed by atoms with E-state index in [4.69, 9.17) is 5.11 Å². The van der Waals surface area contributed by atoms with Crippen molar-refractivity contribution in [1.29, 1.82) is 0 Å². The summed E-state index contributed by atoms with van der Waals surface area (Å²) in [5.41, 5.74) is 1.64. The number of fused-ring (bicyclic) bond motifs is 1. The molecule has 0 fully saturated rings. The number of benzene rings is 1. The standard InChI is InChI=1S/C11H12N2O2/c1-2-13-10(7-11(14)15)8-5-3-4-6-9(8)12-13/h3-6H,2,7H2,1H3,(H,14,15). The molecule has 4 nitrogen and oxygen atoms in total. The van der Waals surface area contributed by atoms with Crippen LogP contribution in [0.4, 0.5) is 0 Å². The van der Waals surface area contributed by atoms with Crippen LogP contribution in [0.5, 0.6) is 0 Å². The van der Waals surface area contributed by atoms with E-state index in [-0.39, 0.29) is 6.42 Å². The molecule has 1 heterocycles. The maximum absolute atomic E-state index is 10.7. The molecule has 78 valence electrons. The van der Waals surface area contributed by atoms with E-state index in [9.17, 15) is 4.79 Å². The van der Waals surface area contributed by atoms with Crippen molar-refractivity contribution in [3.8, 4) is 0 Å². The number of hydrogen-bond acceptors (Lipinski definition) is 2. The minimum Gasteiger partial charge on any atom is -0.481 e. The first-order chi connectivity index (χ1) is 7.22. The summed E-state index contributed by atoms with van der Waals surface area (Å²) in [6, 6.07) is 7.61. The Kier molecular flexibility index (Phi) is 2.41. The number of aryl methyl sites for hydroxylation is 1. The molecule has 0 aliphatic rings. The molecule has 0 saturated heterocycles. The highest BCUT2D eigenvalue weighted by molar-refractivity contribution is 5.85. The topological polar surface area (TPSA) is 55.1 Å². The van der Waals surface area contributed by atoms with Crippen molar-refractivity contribution in [2.24, 2.45) is 0 Å². The van der Waals surface area contributed by atoms with Gasteiger partial charge in [0.2, 0.25) is 0 Å². The highest BCUT2D eigenvalue weighted by atomic mass is 16.4. The second kappa shape index (κ2) is 3.73. The van der Waals surface area contributed by atoms with Crippen LogP contribution in [0.15, 0.2) is 24.3 Å². The fourth-order valence-corrected chi connectivity index (χ4v) is 1.73. The maximum Gasteiger partial charge on any atom is 0.309 e. The number of carbonyl (C=O) groups is 1. The number of aromatic nitrogens is 2. The van der Waals surface area contributed by atoms with Crippen LogP contribution in [-0.2, 0) is 17.8 Å². The van der Waals surface area contributed by atoms with Crippen LogP contribution >= 0.6 is 0 Å². The Morgan fingerprint density at radius 2 is 2.20 bits per heavy atom. The summed E-state index contributed by atoms with van der Waals surface area (Å²) in [7, 11) is 0. The number of rotatable bonds is 3. The third-order valence-corrected chi connectivity index (χ3v) is 2.37. The summed E-state index contributed by atoms with van der Waals surface area (Å²) in [5.74, 6) is -0.824. The lowest BCUT2D eigenvalue weighted by Crippen LogP contribution is -2.08. The van der Waals surface area contributed by atoms with E-state index in [1.165, 1.54) is 0 Å². The summed E-state index contributed by atoms with van der Waals surface area (Å²) >= 11 is 0. The average molecular weight is 204 g/mol. The van der Waals surface area contributed by atoms with Gasteiger partial charge in [-0.1, -0.05) is 18.2 Å². The van der Waals surface area contributed by atoms with Gasteiger partial charge in [0.15, 0.2) is 0 Å². The molecule has 2 aromatic rings. The Balaban J connectivity index is 2.61. The zero-order valence-electron chi connectivity index (χ0n) is 8.47. The highest BCUT2D eigenvalue weighted by Crippen LogP contribution is 2.18. The minimum atomic E-state index is -0.824. The van der Waals surface area contributed by atoms with Crippen LogP contribution < -0.4 is 0 Å². The first-order valence-electron chi connectivity index (χ1n) is 4.88. The van der Waals surface area contributed by atoms with Crippen molar-refractivity contribution in [2.75, 3.05) is 0 Å². The van der Waals surface area contributed by atoms with Crippen molar-refractivity contribution >= 4 is 16.9 Å². The summed E-state index contributed by atoms with van der Waals surface area (Å²) in [6.45, 7) is 2.65. The number of hydrogen-bond donors (Lipinski definition) is 1. The van der Waals surface area contributed by atoms with E-state index >= 15 is 0 Å². The van der Waals surface area contributed by atoms with Gasteiger partial charge in [-0.2, -0.15) is 5.10 Å². The van der Waals surface area contributed by atoms with Crippen molar-refractivity contribution in [1.82, 2.24) is 9.78 Å². The van der Waals surface area contributed by atoms with E-state index in [0.29, 0.717) is 6.54 Å². The summed E-state index contributed by atoms with van der Waals surface area (Å²) in [4.78, 5) is 10.7. The van der Waals surface area contributed by atoms with E-state index in [2.05, 4.69) is 5.10 Å². The van der Waals surface area contributed by atoms with Crippen molar-refractivity contribution in [2.45, 2.75) is 19.9 Å². The van der Waals surface area contributed by atoms with E-state index in [0.717, 1.165) is 16.6 Å². The predicted molar refractivity (Wildman–Crippen MR) is 56.7 cm³/mol. The third kappa shape index (κ3) is 1.70. The Morgan fingerprint density at radius 1 is 1.47 bits per heavy atom. The molecule has 0 radical (unpaired) electrons. The third-order valence-electron chi connectivity index (χ3n) is 2.37. The molecular formula is C11H12N2O2. The minimum absolute atomic E-state index is 0.0222. The largest absolute Gasteiger partial charge is 0.481 e. The number of nitrogens with zero attached hydrogens (tertiary/aromatic N) is 2. The lowest BCUT2D eigenvalue weighted by atomic mass is 10.1. The van der Waals surface area contributed by atoms with Crippen LogP contribution in [0.2, 0.25) is 0 Å². The molecular weight excluding hydrogens is 192 g/mol. The van der Waals surface area contributed by atoms with Gasteiger partial charge in [0.05, 0.1) is 17.6 Å². The molecule has 0 spiro atoms. The van der Waals surface area contributed by atoms with E-state index < -0.39 is 5.97 Å². The lowest BCUT2D eigenvalue weighted by Gasteiger charge is -2.01. The number of aliphatic carboxylic acids is 1. The van der Waals surface area contributed by atoms with Gasteiger partial charge in [0.25, 0.3) is 0 Å². The Hall–Kier alpha value is -1.84. The van der Waals surface area contributed by atoms with Gasteiger partial charge in [0.1, 0.15) is 0 Å². The Labute approximate surface area is 87.1 Å². The average Bonchev–Trinajstić information content (AvgIpc) is 2.56. The Bertz CT molecular complexity index is 502. The first-order valence-corrected chi connectivity index (χ1v) is 4.88. The maximum atomic E-state index is 10.7. The summed E-state index contributed by atoms with van der Waals surface area (Å²) < 4.78 is 1.75. The van der Waals surface area contributed by atoms with Gasteiger partial charge in [-0.25, -0.2) is 0 Å². The predicted octanol–water partition coefficient (Wildman–Crippen LogP) is 1.68. The molecule has 15 heavy (non-hydrogen) atoms. The zero-order chi connectivity index (χ0) is 10.8. The smallest absolute Gasteiger partial charge is 0.309 e. The van der Waals surface area contributed by atoms with Crippen LogP contribution in [0.1, 0.15) is 12.6 Å². The fraction of sp³-hybridized carbons (Fsp3) is 0.273. The number of carboxylic acids is 1. The summed E-state index contributed by atoms with van der Waals surface area (Å²) in [5, 5.41) is 14.1. The number of carboxylic acid groups (broad SMARTS) is 1. The van der Waals surface area contributed by atoms with Gasteiger partial charge in [-0.05, 0) is 13.0 Å². The molecule has 0 saturated carbocycles. The normalized spacial score (nSPS) is 10.7. The van der Waals surface area contributed by atoms with E-state index in [1.807, 2.05) is 31.2 Å². The monoisotopic (exact) mass is 204 g/mol. The second-order valence-corrected chi connectivity index (χ2v) is 3.35. The zero-order valence-corrected chi connectivity index (χ0v) is 8.47. The molecule has 1 N–H and O–H groups in total. The Morgan fingerprint density at radius 3 is 2.87 bits per heavy atom. The lowest BCUT2D eigenvalue weighted by molar-refractivity contribution is -0.136. The van der Waals surface area contributed by atoms with Gasteiger partial charge in [0, 0.05) is 11.9 Å². The van der Waals surface area contributed by atoms with Gasteiger partial charge >= 0.3 is 5.97 Å². The van der Waals surface area contributed by atoms with Crippen LogP contribution in [-0.4, -0.2) is 20.9 Å². The second-order valence-electron chi connectivity index (χ2n) is 3.35. The van der Waals surface area contributed by atoms with Crippen LogP contribution in [0.3, 0.4) is 0 Å². The molecule has 4 heteroatoms.